The first kappa shape index (κ1) is 18.2. The summed E-state index contributed by atoms with van der Waals surface area (Å²) in [5, 5.41) is 0.933. The van der Waals surface area contributed by atoms with Crippen LogP contribution >= 0.6 is 34.2 Å². The van der Waals surface area contributed by atoms with Crippen molar-refractivity contribution in [2.45, 2.75) is 13.0 Å². The van der Waals surface area contributed by atoms with Crippen LogP contribution in [0.15, 0.2) is 30.6 Å². The van der Waals surface area contributed by atoms with Crippen LogP contribution in [-0.4, -0.2) is 23.1 Å². The minimum atomic E-state index is -0.535. The van der Waals surface area contributed by atoms with Crippen LogP contribution in [0.3, 0.4) is 0 Å². The van der Waals surface area contributed by atoms with Crippen LogP contribution < -0.4 is 15.2 Å². The maximum absolute atomic E-state index is 13.9. The fourth-order valence-corrected chi connectivity index (χ4v) is 3.38. The van der Waals surface area contributed by atoms with Gasteiger partial charge in [-0.2, -0.15) is 0 Å². The molecule has 2 aromatic heterocycles. The SMILES string of the molecule is CC(Oc1cnc2[nH]cc(I)c2c1)c1c(OCCN)ccc(F)c1Cl. The Morgan fingerprint density at radius 1 is 1.44 bits per heavy atom. The van der Waals surface area contributed by atoms with E-state index < -0.39 is 11.9 Å². The summed E-state index contributed by atoms with van der Waals surface area (Å²) in [5.41, 5.74) is 6.70. The predicted molar refractivity (Wildman–Crippen MR) is 104 cm³/mol. The molecule has 0 aliphatic rings. The molecule has 25 heavy (non-hydrogen) atoms. The van der Waals surface area contributed by atoms with Crippen LogP contribution in [0.5, 0.6) is 11.5 Å². The van der Waals surface area contributed by atoms with Gasteiger partial charge in [-0.25, -0.2) is 9.37 Å². The lowest BCUT2D eigenvalue weighted by molar-refractivity contribution is 0.216. The van der Waals surface area contributed by atoms with Gasteiger partial charge in [-0.15, -0.1) is 0 Å². The summed E-state index contributed by atoms with van der Waals surface area (Å²) in [6.07, 6.45) is 2.94. The van der Waals surface area contributed by atoms with E-state index in [1.54, 1.807) is 13.1 Å². The maximum Gasteiger partial charge on any atom is 0.142 e. The lowest BCUT2D eigenvalue weighted by Gasteiger charge is -2.20. The van der Waals surface area contributed by atoms with E-state index in [0.29, 0.717) is 30.2 Å². The minimum Gasteiger partial charge on any atom is -0.492 e. The molecule has 3 aromatic rings. The van der Waals surface area contributed by atoms with E-state index in [0.717, 1.165) is 14.6 Å². The van der Waals surface area contributed by atoms with Gasteiger partial charge in [0.2, 0.25) is 0 Å². The van der Waals surface area contributed by atoms with Crippen LogP contribution in [0.1, 0.15) is 18.6 Å². The van der Waals surface area contributed by atoms with Crippen LogP contribution in [0.2, 0.25) is 5.02 Å². The van der Waals surface area contributed by atoms with Gasteiger partial charge in [0.05, 0.1) is 16.8 Å². The predicted octanol–water partition coefficient (Wildman–Crippen LogP) is 4.44. The zero-order valence-electron chi connectivity index (χ0n) is 13.4. The van der Waals surface area contributed by atoms with Crippen LogP contribution in [-0.2, 0) is 0 Å². The number of rotatable bonds is 6. The number of nitrogens with one attached hydrogen (secondary N) is 1. The average Bonchev–Trinajstić information content (AvgIpc) is 2.96. The van der Waals surface area contributed by atoms with Crippen molar-refractivity contribution in [1.29, 1.82) is 0 Å². The molecule has 3 rings (SSSR count). The van der Waals surface area contributed by atoms with Gasteiger partial charge in [-0.05, 0) is 47.7 Å². The second kappa shape index (κ2) is 7.76. The van der Waals surface area contributed by atoms with Crippen molar-refractivity contribution in [2.75, 3.05) is 13.2 Å². The minimum absolute atomic E-state index is 0.0210. The molecule has 1 unspecified atom stereocenters. The van der Waals surface area contributed by atoms with Gasteiger partial charge >= 0.3 is 0 Å². The zero-order chi connectivity index (χ0) is 18.0. The third-order valence-electron chi connectivity index (χ3n) is 3.64. The number of nitrogens with two attached hydrogens (primary N) is 1. The molecule has 2 heterocycles. The molecule has 8 heteroatoms. The van der Waals surface area contributed by atoms with E-state index in [1.165, 1.54) is 12.1 Å². The fraction of sp³-hybridized carbons (Fsp3) is 0.235. The normalized spacial score (nSPS) is 12.4. The van der Waals surface area contributed by atoms with Crippen molar-refractivity contribution in [3.05, 3.63) is 50.6 Å². The monoisotopic (exact) mass is 475 g/mol. The average molecular weight is 476 g/mol. The molecule has 1 atom stereocenters. The summed E-state index contributed by atoms with van der Waals surface area (Å²) in [6.45, 7) is 2.43. The number of benzene rings is 1. The number of fused-ring (bicyclic) bond motifs is 1. The molecule has 5 nitrogen and oxygen atoms in total. The highest BCUT2D eigenvalue weighted by molar-refractivity contribution is 14.1. The molecule has 0 aliphatic carbocycles. The van der Waals surface area contributed by atoms with E-state index in [-0.39, 0.29) is 5.02 Å². The number of aromatic nitrogens is 2. The van der Waals surface area contributed by atoms with E-state index in [4.69, 9.17) is 26.8 Å². The number of halogens is 3. The van der Waals surface area contributed by atoms with Crippen LogP contribution in [0.4, 0.5) is 4.39 Å². The molecular weight excluding hydrogens is 460 g/mol. The summed E-state index contributed by atoms with van der Waals surface area (Å²) < 4.78 is 26.5. The lowest BCUT2D eigenvalue weighted by Crippen LogP contribution is -2.14. The van der Waals surface area contributed by atoms with Crippen LogP contribution in [0.25, 0.3) is 11.0 Å². The zero-order valence-corrected chi connectivity index (χ0v) is 16.3. The fourth-order valence-electron chi connectivity index (χ4n) is 2.50. The molecule has 0 spiro atoms. The van der Waals surface area contributed by atoms with Gasteiger partial charge in [0.1, 0.15) is 35.7 Å². The first-order valence-corrected chi connectivity index (χ1v) is 9.07. The molecule has 0 bridgehead atoms. The Kier molecular flexibility index (Phi) is 5.65. The first-order chi connectivity index (χ1) is 12.0. The number of hydrogen-bond donors (Lipinski definition) is 2. The third kappa shape index (κ3) is 3.83. The number of aromatic amines is 1. The Morgan fingerprint density at radius 3 is 3.00 bits per heavy atom. The number of hydrogen-bond acceptors (Lipinski definition) is 4. The Balaban J connectivity index is 1.92. The molecular formula is C17H16ClFIN3O2. The number of nitrogens with zero attached hydrogens (tertiary/aromatic N) is 1. The van der Waals surface area contributed by atoms with Gasteiger partial charge in [-0.3, -0.25) is 0 Å². The third-order valence-corrected chi connectivity index (χ3v) is 4.92. The highest BCUT2D eigenvalue weighted by Crippen LogP contribution is 2.37. The van der Waals surface area contributed by atoms with E-state index in [9.17, 15) is 4.39 Å². The maximum atomic E-state index is 13.9. The summed E-state index contributed by atoms with van der Waals surface area (Å²) in [6, 6.07) is 4.67. The van der Waals surface area contributed by atoms with Crippen molar-refractivity contribution < 1.29 is 13.9 Å². The van der Waals surface area contributed by atoms with Gasteiger partial charge in [0.15, 0.2) is 0 Å². The molecule has 132 valence electrons. The van der Waals surface area contributed by atoms with E-state index in [1.807, 2.05) is 12.3 Å². The molecule has 0 aliphatic heterocycles. The number of ether oxygens (including phenoxy) is 2. The van der Waals surface area contributed by atoms with E-state index in [2.05, 4.69) is 32.6 Å². The topological polar surface area (TPSA) is 73.2 Å². The molecule has 0 saturated carbocycles. The second-order valence-electron chi connectivity index (χ2n) is 5.37. The van der Waals surface area contributed by atoms with Crippen molar-refractivity contribution in [3.8, 4) is 11.5 Å². The standard InChI is InChI=1S/C17H16ClFIN3O2/c1-9(15-14(24-5-4-21)3-2-12(19)16(15)18)25-10-6-11-13(20)8-23-17(11)22-7-10/h2-3,6-9H,4-5,21H2,1H3,(H,22,23). The summed E-state index contributed by atoms with van der Waals surface area (Å²) >= 11 is 8.37. The Morgan fingerprint density at radius 2 is 2.24 bits per heavy atom. The van der Waals surface area contributed by atoms with Gasteiger partial charge in [0, 0.05) is 21.7 Å². The second-order valence-corrected chi connectivity index (χ2v) is 6.91. The Bertz CT molecular complexity index is 903. The summed E-state index contributed by atoms with van der Waals surface area (Å²) in [7, 11) is 0. The molecule has 3 N–H and O–H groups in total. The molecule has 0 radical (unpaired) electrons. The summed E-state index contributed by atoms with van der Waals surface area (Å²) in [4.78, 5) is 7.39. The van der Waals surface area contributed by atoms with Crippen molar-refractivity contribution in [2.24, 2.45) is 5.73 Å². The first-order valence-electron chi connectivity index (χ1n) is 7.61. The molecule has 0 fully saturated rings. The number of pyridine rings is 1. The Labute approximate surface area is 162 Å². The van der Waals surface area contributed by atoms with Gasteiger partial charge in [-0.1, -0.05) is 11.6 Å². The largest absolute Gasteiger partial charge is 0.492 e. The Hall–Kier alpha value is -1.58. The molecule has 0 saturated heterocycles. The van der Waals surface area contributed by atoms with Crippen molar-refractivity contribution in [1.82, 2.24) is 9.97 Å². The molecule has 0 amide bonds. The number of H-pyrrole nitrogens is 1. The van der Waals surface area contributed by atoms with Crippen molar-refractivity contribution >= 4 is 45.2 Å². The van der Waals surface area contributed by atoms with Gasteiger partial charge in [0.25, 0.3) is 0 Å². The van der Waals surface area contributed by atoms with E-state index >= 15 is 0 Å². The highest BCUT2D eigenvalue weighted by atomic mass is 127. The smallest absolute Gasteiger partial charge is 0.142 e. The van der Waals surface area contributed by atoms with Crippen molar-refractivity contribution in [3.63, 3.8) is 0 Å². The lowest BCUT2D eigenvalue weighted by atomic mass is 10.1. The summed E-state index contributed by atoms with van der Waals surface area (Å²) in [5.74, 6) is 0.484. The van der Waals surface area contributed by atoms with Gasteiger partial charge < -0.3 is 20.2 Å². The quantitative estimate of drug-likeness (QED) is 0.517. The van der Waals surface area contributed by atoms with Crippen LogP contribution in [0, 0.1) is 9.39 Å². The highest BCUT2D eigenvalue weighted by Gasteiger charge is 2.21. The molecule has 1 aromatic carbocycles.